The highest BCUT2D eigenvalue weighted by Gasteiger charge is 2.52. The van der Waals surface area contributed by atoms with Crippen molar-refractivity contribution in [1.82, 2.24) is 4.90 Å². The summed E-state index contributed by atoms with van der Waals surface area (Å²) in [6.45, 7) is 15.2. The largest absolute Gasteiger partial charge is 0.368 e. The summed E-state index contributed by atoms with van der Waals surface area (Å²) < 4.78 is 6.14. The second kappa shape index (κ2) is 5.48. The van der Waals surface area contributed by atoms with Crippen molar-refractivity contribution in [2.24, 2.45) is 17.6 Å². The summed E-state index contributed by atoms with van der Waals surface area (Å²) in [5, 5.41) is 0. The Kier molecular flexibility index (Phi) is 4.85. The Balaban J connectivity index is 2.65. The van der Waals surface area contributed by atoms with E-state index in [2.05, 4.69) is 53.5 Å². The topological polar surface area (TPSA) is 38.5 Å². The monoisotopic (exact) mass is 256 g/mol. The number of nitrogens with two attached hydrogens (primary N) is 1. The fourth-order valence-corrected chi connectivity index (χ4v) is 3.14. The van der Waals surface area contributed by atoms with E-state index in [9.17, 15) is 0 Å². The second-order valence-corrected chi connectivity index (χ2v) is 7.18. The van der Waals surface area contributed by atoms with Gasteiger partial charge in [-0.05, 0) is 40.7 Å². The van der Waals surface area contributed by atoms with Gasteiger partial charge in [0.2, 0.25) is 0 Å². The van der Waals surface area contributed by atoms with Gasteiger partial charge in [-0.2, -0.15) is 0 Å². The van der Waals surface area contributed by atoms with Crippen LogP contribution in [0.2, 0.25) is 0 Å². The van der Waals surface area contributed by atoms with Gasteiger partial charge in [-0.1, -0.05) is 20.3 Å². The Morgan fingerprint density at radius 2 is 1.78 bits per heavy atom. The van der Waals surface area contributed by atoms with Gasteiger partial charge in [0.25, 0.3) is 0 Å². The van der Waals surface area contributed by atoms with Crippen LogP contribution in [0.5, 0.6) is 0 Å². The van der Waals surface area contributed by atoms with E-state index in [0.717, 1.165) is 19.0 Å². The first-order valence-electron chi connectivity index (χ1n) is 7.24. The van der Waals surface area contributed by atoms with E-state index in [1.54, 1.807) is 0 Å². The molecule has 0 saturated carbocycles. The quantitative estimate of drug-likeness (QED) is 0.821. The summed E-state index contributed by atoms with van der Waals surface area (Å²) in [5.74, 6) is 1.13. The summed E-state index contributed by atoms with van der Waals surface area (Å²) in [5.41, 5.74) is 6.04. The first-order chi connectivity index (χ1) is 8.10. The molecule has 108 valence electrons. The van der Waals surface area contributed by atoms with Gasteiger partial charge in [-0.25, -0.2) is 0 Å². The first-order valence-corrected chi connectivity index (χ1v) is 7.24. The summed E-state index contributed by atoms with van der Waals surface area (Å²) in [6.07, 6.45) is 1.23. The molecular formula is C15H32N2O. The molecule has 0 amide bonds. The standard InChI is InChI=1S/C15H32N2O/c1-8-11(2)9-17(7)10-12-13(16)15(5,6)18-14(12,3)4/h11-13H,8-10,16H2,1-7H3. The molecule has 1 fully saturated rings. The predicted octanol–water partition coefficient (Wildman–Crippen LogP) is 2.50. The lowest BCUT2D eigenvalue weighted by molar-refractivity contribution is -0.0782. The molecule has 0 aromatic heterocycles. The zero-order valence-electron chi connectivity index (χ0n) is 13.3. The predicted molar refractivity (Wildman–Crippen MR) is 77.7 cm³/mol. The van der Waals surface area contributed by atoms with Crippen LogP contribution in [0.1, 0.15) is 48.0 Å². The van der Waals surface area contributed by atoms with Crippen molar-refractivity contribution in [3.63, 3.8) is 0 Å². The normalized spacial score (nSPS) is 31.8. The Morgan fingerprint density at radius 1 is 1.22 bits per heavy atom. The van der Waals surface area contributed by atoms with E-state index in [4.69, 9.17) is 10.5 Å². The van der Waals surface area contributed by atoms with Crippen molar-refractivity contribution in [3.05, 3.63) is 0 Å². The molecule has 1 heterocycles. The molecule has 0 bridgehead atoms. The zero-order chi connectivity index (χ0) is 14.1. The van der Waals surface area contributed by atoms with Gasteiger partial charge in [0.1, 0.15) is 0 Å². The lowest BCUT2D eigenvalue weighted by Crippen LogP contribution is -2.48. The van der Waals surface area contributed by atoms with Crippen LogP contribution in [0.4, 0.5) is 0 Å². The van der Waals surface area contributed by atoms with E-state index in [1.165, 1.54) is 6.42 Å². The molecule has 1 rings (SSSR count). The summed E-state index contributed by atoms with van der Waals surface area (Å²) in [4.78, 5) is 2.41. The van der Waals surface area contributed by atoms with Gasteiger partial charge in [-0.3, -0.25) is 0 Å². The molecule has 0 spiro atoms. The number of ether oxygens (including phenoxy) is 1. The van der Waals surface area contributed by atoms with Crippen LogP contribution in [-0.2, 0) is 4.74 Å². The molecule has 0 aromatic rings. The van der Waals surface area contributed by atoms with Crippen molar-refractivity contribution in [1.29, 1.82) is 0 Å². The van der Waals surface area contributed by atoms with Crippen LogP contribution in [0.3, 0.4) is 0 Å². The maximum Gasteiger partial charge on any atom is 0.0788 e. The Labute approximate surface area is 113 Å². The highest BCUT2D eigenvalue weighted by atomic mass is 16.5. The molecule has 0 radical (unpaired) electrons. The molecule has 18 heavy (non-hydrogen) atoms. The third-order valence-corrected chi connectivity index (χ3v) is 4.48. The molecule has 0 aromatic carbocycles. The minimum absolute atomic E-state index is 0.104. The van der Waals surface area contributed by atoms with Gasteiger partial charge < -0.3 is 15.4 Å². The molecular weight excluding hydrogens is 224 g/mol. The van der Waals surface area contributed by atoms with Gasteiger partial charge in [0.05, 0.1) is 11.2 Å². The molecule has 2 N–H and O–H groups in total. The maximum absolute atomic E-state index is 6.39. The third kappa shape index (κ3) is 3.46. The number of hydrogen-bond acceptors (Lipinski definition) is 3. The summed E-state index contributed by atoms with van der Waals surface area (Å²) in [7, 11) is 2.19. The smallest absolute Gasteiger partial charge is 0.0788 e. The van der Waals surface area contributed by atoms with Crippen molar-refractivity contribution < 1.29 is 4.74 Å². The van der Waals surface area contributed by atoms with Crippen molar-refractivity contribution in [2.45, 2.75) is 65.2 Å². The van der Waals surface area contributed by atoms with Gasteiger partial charge in [0, 0.05) is 25.0 Å². The first kappa shape index (κ1) is 15.9. The van der Waals surface area contributed by atoms with Crippen molar-refractivity contribution in [2.75, 3.05) is 20.1 Å². The summed E-state index contributed by atoms with van der Waals surface area (Å²) >= 11 is 0. The molecule has 1 aliphatic heterocycles. The number of rotatable bonds is 5. The van der Waals surface area contributed by atoms with Crippen molar-refractivity contribution >= 4 is 0 Å². The van der Waals surface area contributed by atoms with E-state index in [1.807, 2.05) is 0 Å². The van der Waals surface area contributed by atoms with E-state index >= 15 is 0 Å². The summed E-state index contributed by atoms with van der Waals surface area (Å²) in [6, 6.07) is 0.104. The van der Waals surface area contributed by atoms with Gasteiger partial charge in [0.15, 0.2) is 0 Å². The highest BCUT2D eigenvalue weighted by molar-refractivity contribution is 5.04. The molecule has 3 unspecified atom stereocenters. The molecule has 0 aliphatic carbocycles. The number of nitrogens with zero attached hydrogens (tertiary/aromatic N) is 1. The Morgan fingerprint density at radius 3 is 2.17 bits per heavy atom. The van der Waals surface area contributed by atoms with Crippen LogP contribution in [0, 0.1) is 11.8 Å². The third-order valence-electron chi connectivity index (χ3n) is 4.48. The Hall–Kier alpha value is -0.120. The van der Waals surface area contributed by atoms with E-state index in [0.29, 0.717) is 5.92 Å². The van der Waals surface area contributed by atoms with Crippen LogP contribution in [0.15, 0.2) is 0 Å². The average Bonchev–Trinajstić information content (AvgIpc) is 2.36. The van der Waals surface area contributed by atoms with Crippen LogP contribution < -0.4 is 5.73 Å². The van der Waals surface area contributed by atoms with Crippen molar-refractivity contribution in [3.8, 4) is 0 Å². The van der Waals surface area contributed by atoms with E-state index in [-0.39, 0.29) is 17.2 Å². The van der Waals surface area contributed by atoms with Crippen LogP contribution in [-0.4, -0.2) is 42.3 Å². The minimum atomic E-state index is -0.217. The van der Waals surface area contributed by atoms with E-state index < -0.39 is 0 Å². The SMILES string of the molecule is CCC(C)CN(C)CC1C(N)C(C)(C)OC1(C)C. The van der Waals surface area contributed by atoms with Gasteiger partial charge in [-0.15, -0.1) is 0 Å². The number of hydrogen-bond donors (Lipinski definition) is 1. The highest BCUT2D eigenvalue weighted by Crippen LogP contribution is 2.41. The fourth-order valence-electron chi connectivity index (χ4n) is 3.14. The molecule has 3 nitrogen and oxygen atoms in total. The molecule has 1 saturated heterocycles. The van der Waals surface area contributed by atoms with Crippen LogP contribution in [0.25, 0.3) is 0 Å². The fraction of sp³-hybridized carbons (Fsp3) is 1.00. The molecule has 3 atom stereocenters. The Bertz CT molecular complexity index is 276. The lowest BCUT2D eigenvalue weighted by Gasteiger charge is -2.32. The molecule has 3 heteroatoms. The average molecular weight is 256 g/mol. The second-order valence-electron chi connectivity index (χ2n) is 7.18. The molecule has 1 aliphatic rings. The minimum Gasteiger partial charge on any atom is -0.368 e. The lowest BCUT2D eigenvalue weighted by atomic mass is 9.82. The van der Waals surface area contributed by atoms with Crippen LogP contribution >= 0.6 is 0 Å². The van der Waals surface area contributed by atoms with Gasteiger partial charge >= 0.3 is 0 Å². The zero-order valence-corrected chi connectivity index (χ0v) is 13.3. The maximum atomic E-state index is 6.39.